The van der Waals surface area contributed by atoms with Gasteiger partial charge in [0.25, 0.3) is 0 Å². The Kier molecular flexibility index (Phi) is 7.00. The molecule has 0 radical (unpaired) electrons. The van der Waals surface area contributed by atoms with Gasteiger partial charge in [0.1, 0.15) is 31.7 Å². The van der Waals surface area contributed by atoms with Crippen molar-refractivity contribution in [3.05, 3.63) is 96.6 Å². The molecule has 1 aromatic heterocycles. The first-order chi connectivity index (χ1) is 18.1. The summed E-state index contributed by atoms with van der Waals surface area (Å²) in [6, 6.07) is 24.4. The standard InChI is InChI=1S/C27H19N3O6S2.Na/c1-17-6-11-20(12-7-17)38(34,35)36-25-15-10-18-4-2-3-5-22(18)27(25)30-28-24-14-9-19-8-13-21(37(31,32)33)16-23(19)26(24)29-30;/h2-16H,1H3,(H,31,32,33);/q;+1/p-1. The maximum Gasteiger partial charge on any atom is 1.00 e. The number of hydrogen-bond donors (Lipinski definition) is 0. The molecule has 39 heavy (non-hydrogen) atoms. The summed E-state index contributed by atoms with van der Waals surface area (Å²) < 4.78 is 66.8. The maximum atomic E-state index is 13.2. The van der Waals surface area contributed by atoms with Crippen LogP contribution in [0.4, 0.5) is 0 Å². The number of hydrogen-bond acceptors (Lipinski definition) is 8. The maximum absolute atomic E-state index is 13.2. The minimum Gasteiger partial charge on any atom is -0.744 e. The number of nitrogens with zero attached hydrogens (tertiary/aromatic N) is 3. The summed E-state index contributed by atoms with van der Waals surface area (Å²) in [6.45, 7) is 1.85. The Bertz CT molecular complexity index is 2110. The van der Waals surface area contributed by atoms with Crippen LogP contribution >= 0.6 is 0 Å². The van der Waals surface area contributed by atoms with E-state index >= 15 is 0 Å². The Morgan fingerprint density at radius 1 is 0.744 bits per heavy atom. The first-order valence-corrected chi connectivity index (χ1v) is 14.2. The normalized spacial score (nSPS) is 12.1. The van der Waals surface area contributed by atoms with Crippen LogP contribution in [0.25, 0.3) is 38.3 Å². The monoisotopic (exact) mass is 567 g/mol. The third-order valence-electron chi connectivity index (χ3n) is 6.20. The van der Waals surface area contributed by atoms with Crippen LogP contribution in [0.3, 0.4) is 0 Å². The summed E-state index contributed by atoms with van der Waals surface area (Å²) >= 11 is 0. The predicted molar refractivity (Wildman–Crippen MR) is 141 cm³/mol. The molecule has 0 amide bonds. The second-order valence-electron chi connectivity index (χ2n) is 8.74. The van der Waals surface area contributed by atoms with E-state index in [2.05, 4.69) is 10.2 Å². The third-order valence-corrected chi connectivity index (χ3v) is 8.28. The zero-order valence-electron chi connectivity index (χ0n) is 20.8. The van der Waals surface area contributed by atoms with Crippen LogP contribution in [0.2, 0.25) is 0 Å². The molecule has 0 saturated carbocycles. The van der Waals surface area contributed by atoms with Crippen LogP contribution in [-0.4, -0.2) is 36.4 Å². The van der Waals surface area contributed by atoms with Gasteiger partial charge < -0.3 is 8.74 Å². The van der Waals surface area contributed by atoms with Crippen molar-refractivity contribution in [2.24, 2.45) is 0 Å². The molecule has 6 rings (SSSR count). The number of rotatable bonds is 5. The fourth-order valence-electron chi connectivity index (χ4n) is 4.31. The number of aryl methyl sites for hydroxylation is 1. The van der Waals surface area contributed by atoms with Crippen LogP contribution in [-0.2, 0) is 20.2 Å². The Morgan fingerprint density at radius 2 is 1.38 bits per heavy atom. The molecule has 9 nitrogen and oxygen atoms in total. The molecular formula is C27H18N3NaO6S2. The Balaban J connectivity index is 0.00000308. The Hall–Kier alpha value is -3.32. The molecule has 190 valence electrons. The van der Waals surface area contributed by atoms with E-state index in [4.69, 9.17) is 4.18 Å². The zero-order chi connectivity index (χ0) is 26.7. The van der Waals surface area contributed by atoms with Gasteiger partial charge in [-0.3, -0.25) is 0 Å². The minimum atomic E-state index is -4.68. The first-order valence-electron chi connectivity index (χ1n) is 11.4. The summed E-state index contributed by atoms with van der Waals surface area (Å²) in [5.41, 5.74) is 1.95. The van der Waals surface area contributed by atoms with Crippen LogP contribution < -0.4 is 33.7 Å². The van der Waals surface area contributed by atoms with Gasteiger partial charge in [0, 0.05) is 10.8 Å². The van der Waals surface area contributed by atoms with Gasteiger partial charge in [0.15, 0.2) is 5.75 Å². The summed E-state index contributed by atoms with van der Waals surface area (Å²) in [7, 11) is -8.87. The van der Waals surface area contributed by atoms with Gasteiger partial charge in [0.2, 0.25) is 0 Å². The van der Waals surface area contributed by atoms with E-state index < -0.39 is 20.2 Å². The summed E-state index contributed by atoms with van der Waals surface area (Å²) in [5, 5.41) is 11.7. The summed E-state index contributed by atoms with van der Waals surface area (Å²) in [5.74, 6) is 0.0108. The van der Waals surface area contributed by atoms with Gasteiger partial charge in [-0.05, 0) is 54.1 Å². The molecule has 0 spiro atoms. The van der Waals surface area contributed by atoms with Crippen molar-refractivity contribution in [3.8, 4) is 11.4 Å². The second kappa shape index (κ2) is 10.0. The molecule has 0 fully saturated rings. The predicted octanol–water partition coefficient (Wildman–Crippen LogP) is 1.71. The van der Waals surface area contributed by atoms with Crippen molar-refractivity contribution < 1.29 is 55.1 Å². The number of fused-ring (bicyclic) bond motifs is 4. The minimum absolute atomic E-state index is 0. The molecule has 1 heterocycles. The van der Waals surface area contributed by atoms with Crippen molar-refractivity contribution in [1.82, 2.24) is 15.0 Å². The summed E-state index contributed by atoms with van der Waals surface area (Å²) in [6.07, 6.45) is 0. The van der Waals surface area contributed by atoms with Crippen LogP contribution in [0.5, 0.6) is 5.75 Å². The molecular weight excluding hydrogens is 549 g/mol. The van der Waals surface area contributed by atoms with E-state index in [9.17, 15) is 21.4 Å². The average molecular weight is 568 g/mol. The molecule has 0 aliphatic heterocycles. The van der Waals surface area contributed by atoms with Crippen LogP contribution in [0.1, 0.15) is 5.56 Å². The Morgan fingerprint density at radius 3 is 2.13 bits per heavy atom. The third kappa shape index (κ3) is 5.05. The van der Waals surface area contributed by atoms with E-state index in [1.54, 1.807) is 42.5 Å². The first kappa shape index (κ1) is 27.3. The van der Waals surface area contributed by atoms with Gasteiger partial charge in [-0.1, -0.05) is 60.2 Å². The van der Waals surface area contributed by atoms with E-state index in [1.807, 2.05) is 19.1 Å². The number of benzene rings is 5. The van der Waals surface area contributed by atoms with Crippen LogP contribution in [0, 0.1) is 6.92 Å². The van der Waals surface area contributed by atoms with Gasteiger partial charge in [-0.25, -0.2) is 8.42 Å². The SMILES string of the molecule is Cc1ccc(S(=O)(=O)Oc2ccc3ccccc3c2-n2nc3ccc4ccc(S(=O)(=O)[O-])cc4c3n2)cc1.[Na+]. The fourth-order valence-corrected chi connectivity index (χ4v) is 5.75. The molecule has 12 heteroatoms. The molecule has 0 unspecified atom stereocenters. The average Bonchev–Trinajstić information content (AvgIpc) is 3.32. The zero-order valence-corrected chi connectivity index (χ0v) is 24.4. The molecule has 6 aromatic rings. The van der Waals surface area contributed by atoms with Gasteiger partial charge >= 0.3 is 39.7 Å². The van der Waals surface area contributed by atoms with Crippen molar-refractivity contribution in [1.29, 1.82) is 0 Å². The molecule has 0 bridgehead atoms. The quantitative estimate of drug-likeness (QED) is 0.175. The molecule has 0 atom stereocenters. The van der Waals surface area contributed by atoms with Crippen LogP contribution in [0.15, 0.2) is 101 Å². The van der Waals surface area contributed by atoms with Crippen molar-refractivity contribution in [3.63, 3.8) is 0 Å². The van der Waals surface area contributed by atoms with E-state index in [1.165, 1.54) is 41.2 Å². The van der Waals surface area contributed by atoms with Gasteiger partial charge in [-0.2, -0.15) is 8.42 Å². The van der Waals surface area contributed by atoms with E-state index in [0.717, 1.165) is 10.9 Å². The van der Waals surface area contributed by atoms with Gasteiger partial charge in [0.05, 0.1) is 4.90 Å². The van der Waals surface area contributed by atoms with Crippen molar-refractivity contribution in [2.75, 3.05) is 0 Å². The number of aromatic nitrogens is 3. The molecule has 5 aromatic carbocycles. The fraction of sp³-hybridized carbons (Fsp3) is 0.0370. The molecule has 0 aliphatic carbocycles. The largest absolute Gasteiger partial charge is 1.00 e. The Labute approximate surface area is 246 Å². The molecule has 0 N–H and O–H groups in total. The van der Waals surface area contributed by atoms with E-state index in [0.29, 0.717) is 27.2 Å². The second-order valence-corrected chi connectivity index (χ2v) is 11.7. The van der Waals surface area contributed by atoms with Crippen molar-refractivity contribution >= 4 is 52.8 Å². The van der Waals surface area contributed by atoms with Crippen molar-refractivity contribution in [2.45, 2.75) is 16.7 Å². The van der Waals surface area contributed by atoms with Gasteiger partial charge in [-0.15, -0.1) is 15.0 Å². The smallest absolute Gasteiger partial charge is 0.744 e. The molecule has 0 saturated heterocycles. The van der Waals surface area contributed by atoms with E-state index in [-0.39, 0.29) is 50.8 Å². The topological polar surface area (TPSA) is 131 Å². The molecule has 0 aliphatic rings. The summed E-state index contributed by atoms with van der Waals surface area (Å²) in [4.78, 5) is 0.883.